The van der Waals surface area contributed by atoms with Crippen LogP contribution in [-0.2, 0) is 25.8 Å². The maximum Gasteiger partial charge on any atom is 0.276 e. The predicted octanol–water partition coefficient (Wildman–Crippen LogP) is -0.917. The second-order valence-corrected chi connectivity index (χ2v) is 10.2. The number of hydrogen-bond acceptors (Lipinski definition) is 12. The Bertz CT molecular complexity index is 1370. The molecule has 2 aromatic heterocycles. The molecular formula is C22H25Cl3N8O5S2. The molecule has 0 aliphatic carbocycles. The molecule has 13 nitrogen and oxygen atoms in total. The number of rotatable bonds is 8. The van der Waals surface area contributed by atoms with Crippen molar-refractivity contribution in [3.05, 3.63) is 52.4 Å². The summed E-state index contributed by atoms with van der Waals surface area (Å²) in [5.41, 5.74) is 7.02. The number of halogens is 3. The summed E-state index contributed by atoms with van der Waals surface area (Å²) < 4.78 is 1.83. The van der Waals surface area contributed by atoms with Gasteiger partial charge in [0.25, 0.3) is 11.8 Å². The number of nitrogens with zero attached hydrogens (tertiary/aromatic N) is 5. The van der Waals surface area contributed by atoms with Crippen molar-refractivity contribution in [3.8, 4) is 0 Å². The van der Waals surface area contributed by atoms with Gasteiger partial charge < -0.3 is 31.1 Å². The Kier molecular flexibility index (Phi) is 11.6. The van der Waals surface area contributed by atoms with Gasteiger partial charge in [0.15, 0.2) is 29.8 Å². The monoisotopic (exact) mass is 650 g/mol. The molecule has 0 radical (unpaired) electrons. The molecule has 0 spiro atoms. The van der Waals surface area contributed by atoms with E-state index in [-0.39, 0.29) is 66.0 Å². The van der Waals surface area contributed by atoms with Crippen molar-refractivity contribution in [3.63, 3.8) is 0 Å². The van der Waals surface area contributed by atoms with E-state index in [0.717, 1.165) is 35.8 Å². The average Bonchev–Trinajstić information content (AvgIpc) is 3.58. The van der Waals surface area contributed by atoms with E-state index in [1.807, 2.05) is 29.1 Å². The van der Waals surface area contributed by atoms with Gasteiger partial charge in [-0.2, -0.15) is 0 Å². The molecular weight excluding hydrogens is 627 g/mol. The smallest absolute Gasteiger partial charge is 0.276 e. The summed E-state index contributed by atoms with van der Waals surface area (Å²) in [6.07, 6.45) is 3.66. The van der Waals surface area contributed by atoms with Gasteiger partial charge in [-0.25, -0.2) is 9.55 Å². The summed E-state index contributed by atoms with van der Waals surface area (Å²) in [6.45, 7) is 1.80. The van der Waals surface area contributed by atoms with Gasteiger partial charge >= 0.3 is 0 Å². The van der Waals surface area contributed by atoms with E-state index in [1.165, 1.54) is 23.8 Å². The van der Waals surface area contributed by atoms with Gasteiger partial charge in [-0.05, 0) is 0 Å². The third-order valence-electron chi connectivity index (χ3n) is 5.90. The lowest BCUT2D eigenvalue weighted by atomic mass is 10.0. The lowest BCUT2D eigenvalue weighted by Gasteiger charge is -2.50. The third kappa shape index (κ3) is 6.44. The molecule has 2 amide bonds. The first kappa shape index (κ1) is 33.1. The van der Waals surface area contributed by atoms with Crippen LogP contribution in [0.25, 0.3) is 0 Å². The highest BCUT2D eigenvalue weighted by atomic mass is 35.5. The summed E-state index contributed by atoms with van der Waals surface area (Å²) in [6, 6.07) is 2.84. The number of thiazole rings is 1. The molecule has 40 heavy (non-hydrogen) atoms. The number of hydrogen-bond donors (Lipinski definition) is 3. The first-order valence-electron chi connectivity index (χ1n) is 11.2. The molecule has 0 aromatic carbocycles. The van der Waals surface area contributed by atoms with E-state index in [4.69, 9.17) is 10.6 Å². The molecule has 5 heterocycles. The zero-order chi connectivity index (χ0) is 26.1. The molecule has 0 saturated carbocycles. The topological polar surface area (TPSA) is 178 Å². The number of carbonyl (C=O) groups is 3. The van der Waals surface area contributed by atoms with Crippen LogP contribution in [0.3, 0.4) is 0 Å². The number of aromatic nitrogens is 2. The number of pyridine rings is 1. The number of amidine groups is 1. The standard InChI is InChI=1S/C22H22N8O5S2.3ClH/c1-35-28-14(13-10-37-22(23)26-13)18(31)27-15-19(32)30-16(21(33)34)12(9-36-20(15)30)8-29-6-2-11(3-7-29)17-24-4-5-25-17;;;/h2-3,6-7,10,15,20H,4-5,8-9H2,1H3,(H4-,23,24,25,26,27,31,33,34);3*1H/t15-,20+;;;/m1.../s1. The van der Waals surface area contributed by atoms with Crippen LogP contribution in [0.2, 0.25) is 0 Å². The van der Waals surface area contributed by atoms with E-state index in [1.54, 1.807) is 5.38 Å². The SMILES string of the molecule is CON=C(C(=O)N[C@@H]1C(=O)N2C(C(=O)[O-])=C(C[n+]3ccc(C4=NCCN4)cc3)CS[C@@H]12)c1csc(N)n1.Cl.Cl.Cl. The van der Waals surface area contributed by atoms with Crippen molar-refractivity contribution in [1.29, 1.82) is 0 Å². The number of nitrogens with one attached hydrogen (secondary N) is 2. The third-order valence-corrected chi connectivity index (χ3v) is 7.92. The lowest BCUT2D eigenvalue weighted by Crippen LogP contribution is -2.71. The Labute approximate surface area is 255 Å². The maximum absolute atomic E-state index is 13.0. The fourth-order valence-electron chi connectivity index (χ4n) is 4.23. The van der Waals surface area contributed by atoms with Gasteiger partial charge in [-0.15, -0.1) is 60.3 Å². The fourth-order valence-corrected chi connectivity index (χ4v) is 6.11. The number of amides is 2. The van der Waals surface area contributed by atoms with Crippen molar-refractivity contribution in [2.45, 2.75) is 18.0 Å². The molecule has 216 valence electrons. The number of fused-ring (bicyclic) bond motifs is 1. The highest BCUT2D eigenvalue weighted by molar-refractivity contribution is 8.00. The zero-order valence-electron chi connectivity index (χ0n) is 20.8. The van der Waals surface area contributed by atoms with Crippen LogP contribution in [0.1, 0.15) is 11.3 Å². The van der Waals surface area contributed by atoms with Crippen LogP contribution in [0, 0.1) is 0 Å². The average molecular weight is 652 g/mol. The number of anilines is 1. The molecule has 3 aliphatic heterocycles. The Morgan fingerprint density at radius 3 is 2.62 bits per heavy atom. The molecule has 2 aromatic rings. The number of nitrogen functional groups attached to an aromatic ring is 1. The van der Waals surface area contributed by atoms with Gasteiger partial charge in [0.1, 0.15) is 30.1 Å². The van der Waals surface area contributed by atoms with Crippen LogP contribution in [0.5, 0.6) is 0 Å². The summed E-state index contributed by atoms with van der Waals surface area (Å²) in [5.74, 6) is -1.52. The molecule has 3 aliphatic rings. The number of aliphatic carboxylic acids is 1. The van der Waals surface area contributed by atoms with Crippen LogP contribution in [0.4, 0.5) is 5.13 Å². The molecule has 0 unspecified atom stereocenters. The molecule has 0 bridgehead atoms. The van der Waals surface area contributed by atoms with E-state index < -0.39 is 29.2 Å². The molecule has 5 rings (SSSR count). The van der Waals surface area contributed by atoms with Crippen molar-refractivity contribution >= 4 is 94.8 Å². The highest BCUT2D eigenvalue weighted by Crippen LogP contribution is 2.40. The number of carbonyl (C=O) groups excluding carboxylic acids is 3. The summed E-state index contributed by atoms with van der Waals surface area (Å²) in [7, 11) is 1.28. The minimum absolute atomic E-state index is 0. The van der Waals surface area contributed by atoms with Gasteiger partial charge in [0.2, 0.25) is 0 Å². The summed E-state index contributed by atoms with van der Waals surface area (Å²) >= 11 is 2.48. The van der Waals surface area contributed by atoms with Gasteiger partial charge in [0, 0.05) is 40.9 Å². The van der Waals surface area contributed by atoms with Crippen LogP contribution < -0.4 is 26.0 Å². The lowest BCUT2D eigenvalue weighted by molar-refractivity contribution is -0.689. The normalized spacial score (nSPS) is 19.5. The quantitative estimate of drug-likeness (QED) is 0.141. The molecule has 1 fully saturated rings. The number of aliphatic imine (C=N–C) groups is 1. The molecule has 1 saturated heterocycles. The van der Waals surface area contributed by atoms with E-state index in [0.29, 0.717) is 11.3 Å². The maximum atomic E-state index is 13.0. The number of nitrogens with two attached hydrogens (primary N) is 1. The van der Waals surface area contributed by atoms with Crippen molar-refractivity contribution < 1.29 is 28.9 Å². The van der Waals surface area contributed by atoms with Gasteiger partial charge in [0.05, 0.1) is 18.2 Å². The number of carboxylic acid groups (broad SMARTS) is 1. The van der Waals surface area contributed by atoms with Gasteiger partial charge in [-0.3, -0.25) is 19.5 Å². The largest absolute Gasteiger partial charge is 0.543 e. The van der Waals surface area contributed by atoms with E-state index >= 15 is 0 Å². The second-order valence-electron chi connectivity index (χ2n) is 8.21. The molecule has 18 heteroatoms. The predicted molar refractivity (Wildman–Crippen MR) is 155 cm³/mol. The minimum Gasteiger partial charge on any atom is -0.543 e. The molecule has 4 N–H and O–H groups in total. The number of β-lactam (4-membered cyclic amide) rings is 1. The number of oxime groups is 1. The van der Waals surface area contributed by atoms with Crippen molar-refractivity contribution in [1.82, 2.24) is 20.5 Å². The number of thioether (sulfide) groups is 1. The molecule has 2 atom stereocenters. The Morgan fingerprint density at radius 1 is 1.32 bits per heavy atom. The van der Waals surface area contributed by atoms with Crippen LogP contribution >= 0.6 is 60.3 Å². The first-order chi connectivity index (χ1) is 17.9. The van der Waals surface area contributed by atoms with Crippen LogP contribution in [-0.4, -0.2) is 76.6 Å². The first-order valence-corrected chi connectivity index (χ1v) is 13.1. The van der Waals surface area contributed by atoms with Crippen molar-refractivity contribution in [2.24, 2.45) is 10.1 Å². The Morgan fingerprint density at radius 2 is 2.05 bits per heavy atom. The minimum atomic E-state index is -1.44. The zero-order valence-corrected chi connectivity index (χ0v) is 24.8. The van der Waals surface area contributed by atoms with E-state index in [2.05, 4.69) is 25.8 Å². The Hall–Kier alpha value is -3.11. The summed E-state index contributed by atoms with van der Waals surface area (Å²) in [4.78, 5) is 52.3. The van der Waals surface area contributed by atoms with E-state index in [9.17, 15) is 19.5 Å². The van der Waals surface area contributed by atoms with Gasteiger partial charge in [-0.1, -0.05) is 5.16 Å². The summed E-state index contributed by atoms with van der Waals surface area (Å²) in [5, 5.41) is 22.8. The number of carboxylic acids is 1. The fraction of sp³-hybridized carbons (Fsp3) is 0.318. The highest BCUT2D eigenvalue weighted by Gasteiger charge is 2.53. The Balaban J connectivity index is 0.00000187. The van der Waals surface area contributed by atoms with Crippen LogP contribution in [0.15, 0.2) is 51.3 Å². The second kappa shape index (κ2) is 14.0. The van der Waals surface area contributed by atoms with Crippen molar-refractivity contribution in [2.75, 3.05) is 31.7 Å².